The zero-order valence-electron chi connectivity index (χ0n) is 10.9. The molecule has 0 fully saturated rings. The number of carbonyl (C=O) groups is 1. The fraction of sp³-hybridized carbons (Fsp3) is 0.429. The number of benzene rings is 1. The van der Waals surface area contributed by atoms with Crippen molar-refractivity contribution in [1.82, 2.24) is 0 Å². The first kappa shape index (κ1) is 15.3. The Labute approximate surface area is 117 Å². The Bertz CT molecular complexity index is 494. The first-order valence-corrected chi connectivity index (χ1v) is 6.35. The molecule has 0 aliphatic rings. The number of hydrogen-bond donors (Lipinski definition) is 1. The second-order valence-corrected chi connectivity index (χ2v) is 5.10. The third-order valence-electron chi connectivity index (χ3n) is 2.46. The SMILES string of the molecule is CC(C)COc1ccc(CC(C#N)C(=O)O)cc1Cl. The molecule has 0 aliphatic carbocycles. The number of rotatable bonds is 6. The fourth-order valence-electron chi connectivity index (χ4n) is 1.47. The largest absolute Gasteiger partial charge is 0.492 e. The molecule has 0 saturated heterocycles. The highest BCUT2D eigenvalue weighted by Gasteiger charge is 2.17. The van der Waals surface area contributed by atoms with E-state index in [4.69, 9.17) is 26.7 Å². The number of nitrogens with zero attached hydrogens (tertiary/aromatic N) is 1. The molecule has 1 aromatic rings. The average molecular weight is 282 g/mol. The number of halogens is 1. The van der Waals surface area contributed by atoms with Gasteiger partial charge in [0.25, 0.3) is 0 Å². The average Bonchev–Trinajstić information content (AvgIpc) is 2.34. The predicted octanol–water partition coefficient (Wildman–Crippen LogP) is 3.14. The number of aliphatic carboxylic acids is 1. The van der Waals surface area contributed by atoms with Crippen LogP contribution in [-0.4, -0.2) is 17.7 Å². The van der Waals surface area contributed by atoms with Crippen molar-refractivity contribution in [1.29, 1.82) is 5.26 Å². The van der Waals surface area contributed by atoms with Crippen molar-refractivity contribution in [2.75, 3.05) is 6.61 Å². The van der Waals surface area contributed by atoms with Crippen molar-refractivity contribution in [2.45, 2.75) is 20.3 Å². The molecule has 1 N–H and O–H groups in total. The number of nitriles is 1. The predicted molar refractivity (Wildman–Crippen MR) is 72.2 cm³/mol. The van der Waals surface area contributed by atoms with Gasteiger partial charge in [-0.15, -0.1) is 0 Å². The Hall–Kier alpha value is -1.73. The molecule has 1 unspecified atom stereocenters. The van der Waals surface area contributed by atoms with E-state index < -0.39 is 11.9 Å². The van der Waals surface area contributed by atoms with Gasteiger partial charge in [0, 0.05) is 0 Å². The summed E-state index contributed by atoms with van der Waals surface area (Å²) in [5.74, 6) is -1.22. The van der Waals surface area contributed by atoms with Crippen molar-refractivity contribution >= 4 is 17.6 Å². The van der Waals surface area contributed by atoms with Crippen molar-refractivity contribution in [2.24, 2.45) is 11.8 Å². The van der Waals surface area contributed by atoms with Crippen molar-refractivity contribution in [3.63, 3.8) is 0 Å². The summed E-state index contributed by atoms with van der Waals surface area (Å²) in [6.07, 6.45) is 0.135. The van der Waals surface area contributed by atoms with Crippen LogP contribution in [0, 0.1) is 23.2 Å². The summed E-state index contributed by atoms with van der Waals surface area (Å²) < 4.78 is 5.52. The molecule has 0 bridgehead atoms. The van der Waals surface area contributed by atoms with Crippen LogP contribution in [0.5, 0.6) is 5.75 Å². The summed E-state index contributed by atoms with van der Waals surface area (Å²) in [5.41, 5.74) is 0.704. The maximum absolute atomic E-state index is 10.8. The van der Waals surface area contributed by atoms with Crippen LogP contribution in [0.1, 0.15) is 19.4 Å². The second-order valence-electron chi connectivity index (χ2n) is 4.69. The van der Waals surface area contributed by atoms with Gasteiger partial charge in [-0.25, -0.2) is 0 Å². The van der Waals surface area contributed by atoms with Crippen LogP contribution < -0.4 is 4.74 Å². The third-order valence-corrected chi connectivity index (χ3v) is 2.76. The van der Waals surface area contributed by atoms with Crippen LogP contribution in [0.4, 0.5) is 0 Å². The topological polar surface area (TPSA) is 70.3 Å². The zero-order chi connectivity index (χ0) is 14.4. The molecule has 0 amide bonds. The molecule has 0 aliphatic heterocycles. The number of ether oxygens (including phenoxy) is 1. The maximum Gasteiger partial charge on any atom is 0.321 e. The Morgan fingerprint density at radius 2 is 2.21 bits per heavy atom. The van der Waals surface area contributed by atoms with Crippen LogP contribution >= 0.6 is 11.6 Å². The van der Waals surface area contributed by atoms with Gasteiger partial charge in [0.05, 0.1) is 17.7 Å². The van der Waals surface area contributed by atoms with Gasteiger partial charge < -0.3 is 9.84 Å². The van der Waals surface area contributed by atoms with E-state index in [0.717, 1.165) is 0 Å². The number of hydrogen-bond acceptors (Lipinski definition) is 3. The van der Waals surface area contributed by atoms with E-state index in [1.807, 2.05) is 13.8 Å². The van der Waals surface area contributed by atoms with Gasteiger partial charge >= 0.3 is 5.97 Å². The molecule has 0 radical (unpaired) electrons. The molecule has 1 rings (SSSR count). The summed E-state index contributed by atoms with van der Waals surface area (Å²) in [5, 5.41) is 18.0. The summed E-state index contributed by atoms with van der Waals surface area (Å²) in [7, 11) is 0. The Morgan fingerprint density at radius 3 is 2.68 bits per heavy atom. The van der Waals surface area contributed by atoms with Gasteiger partial charge in [-0.3, -0.25) is 4.79 Å². The number of carboxylic acid groups (broad SMARTS) is 1. The third kappa shape index (κ3) is 4.80. The summed E-state index contributed by atoms with van der Waals surface area (Å²) in [4.78, 5) is 10.8. The van der Waals surface area contributed by atoms with E-state index in [0.29, 0.717) is 28.9 Å². The van der Waals surface area contributed by atoms with Gasteiger partial charge in [-0.2, -0.15) is 5.26 Å². The first-order chi connectivity index (χ1) is 8.93. The summed E-state index contributed by atoms with van der Waals surface area (Å²) in [6.45, 7) is 4.63. The van der Waals surface area contributed by atoms with Crippen LogP contribution in [-0.2, 0) is 11.2 Å². The van der Waals surface area contributed by atoms with E-state index in [1.165, 1.54) is 0 Å². The normalized spacial score (nSPS) is 11.9. The minimum Gasteiger partial charge on any atom is -0.492 e. The molecule has 0 aromatic heterocycles. The van der Waals surface area contributed by atoms with E-state index in [9.17, 15) is 4.79 Å². The molecule has 5 heteroatoms. The Kier molecular flexibility index (Phi) is 5.65. The van der Waals surface area contributed by atoms with Crippen LogP contribution in [0.2, 0.25) is 5.02 Å². The molecule has 0 heterocycles. The Morgan fingerprint density at radius 1 is 1.53 bits per heavy atom. The van der Waals surface area contributed by atoms with E-state index >= 15 is 0 Å². The monoisotopic (exact) mass is 281 g/mol. The van der Waals surface area contributed by atoms with E-state index in [2.05, 4.69) is 0 Å². The minimum atomic E-state index is -1.13. The lowest BCUT2D eigenvalue weighted by molar-refractivity contribution is -0.139. The van der Waals surface area contributed by atoms with Crippen LogP contribution in [0.15, 0.2) is 18.2 Å². The summed E-state index contributed by atoms with van der Waals surface area (Å²) >= 11 is 6.06. The van der Waals surface area contributed by atoms with Gasteiger partial charge in [-0.05, 0) is 30.0 Å². The fourth-order valence-corrected chi connectivity index (χ4v) is 1.73. The van der Waals surface area contributed by atoms with Gasteiger partial charge in [0.2, 0.25) is 0 Å². The molecule has 1 atom stereocenters. The van der Waals surface area contributed by atoms with Crippen molar-refractivity contribution < 1.29 is 14.6 Å². The van der Waals surface area contributed by atoms with Crippen LogP contribution in [0.25, 0.3) is 0 Å². The highest BCUT2D eigenvalue weighted by atomic mass is 35.5. The minimum absolute atomic E-state index is 0.135. The highest BCUT2D eigenvalue weighted by molar-refractivity contribution is 6.32. The van der Waals surface area contributed by atoms with E-state index in [1.54, 1.807) is 24.3 Å². The second kappa shape index (κ2) is 7.01. The first-order valence-electron chi connectivity index (χ1n) is 5.97. The standard InChI is InChI=1S/C14H16ClNO3/c1-9(2)8-19-13-4-3-10(6-12(13)15)5-11(7-16)14(17)18/h3-4,6,9,11H,5,8H2,1-2H3,(H,17,18). The van der Waals surface area contributed by atoms with Gasteiger partial charge in [-0.1, -0.05) is 31.5 Å². The molecule has 0 spiro atoms. The van der Waals surface area contributed by atoms with Gasteiger partial charge in [0.1, 0.15) is 11.7 Å². The molecular weight excluding hydrogens is 266 g/mol. The lowest BCUT2D eigenvalue weighted by atomic mass is 10.0. The molecule has 1 aromatic carbocycles. The lowest BCUT2D eigenvalue weighted by Crippen LogP contribution is -2.14. The number of carboxylic acids is 1. The van der Waals surface area contributed by atoms with E-state index in [-0.39, 0.29) is 6.42 Å². The molecule has 102 valence electrons. The summed E-state index contributed by atoms with van der Waals surface area (Å²) in [6, 6.07) is 6.83. The highest BCUT2D eigenvalue weighted by Crippen LogP contribution is 2.27. The quantitative estimate of drug-likeness (QED) is 0.869. The lowest BCUT2D eigenvalue weighted by Gasteiger charge is -2.11. The zero-order valence-corrected chi connectivity index (χ0v) is 11.6. The molecular formula is C14H16ClNO3. The van der Waals surface area contributed by atoms with Crippen molar-refractivity contribution in [3.05, 3.63) is 28.8 Å². The molecule has 19 heavy (non-hydrogen) atoms. The van der Waals surface area contributed by atoms with Gasteiger partial charge in [0.15, 0.2) is 0 Å². The Balaban J connectivity index is 2.77. The molecule has 4 nitrogen and oxygen atoms in total. The smallest absolute Gasteiger partial charge is 0.321 e. The van der Waals surface area contributed by atoms with Crippen LogP contribution in [0.3, 0.4) is 0 Å². The molecule has 0 saturated carbocycles. The van der Waals surface area contributed by atoms with Crippen molar-refractivity contribution in [3.8, 4) is 11.8 Å². The maximum atomic E-state index is 10.8.